The van der Waals surface area contributed by atoms with Gasteiger partial charge >= 0.3 is 6.18 Å². The maximum Gasteiger partial charge on any atom is 0.416 e. The Morgan fingerprint density at radius 1 is 0.854 bits per heavy atom. The second-order valence-corrected chi connectivity index (χ2v) is 10.9. The maximum absolute atomic E-state index is 13.1. The molecular weight excluding hydrogens is 627 g/mol. The fourth-order valence-electron chi connectivity index (χ4n) is 5.09. The highest BCUT2D eigenvalue weighted by Crippen LogP contribution is 2.30. The van der Waals surface area contributed by atoms with Crippen molar-refractivity contribution in [2.24, 2.45) is 0 Å². The quantitative estimate of drug-likeness (QED) is 0.158. The predicted octanol–water partition coefficient (Wildman–Crippen LogP) is 6.17. The molecule has 2 heterocycles. The zero-order valence-corrected chi connectivity index (χ0v) is 25.6. The summed E-state index contributed by atoms with van der Waals surface area (Å²) in [5, 5.41) is 11.1. The number of amides is 4. The number of halogens is 3. The summed E-state index contributed by atoms with van der Waals surface area (Å²) >= 11 is 0. The fraction of sp³-hybridized carbons (Fsp3) is 0.176. The third kappa shape index (κ3) is 8.02. The van der Waals surface area contributed by atoms with Crippen molar-refractivity contribution in [2.75, 3.05) is 27.8 Å². The monoisotopic (exact) mass is 657 g/mol. The molecule has 1 fully saturated rings. The van der Waals surface area contributed by atoms with Crippen LogP contribution in [0.4, 0.5) is 41.9 Å². The molecular formula is C34H30F3N7O4. The number of aryl methyl sites for hydroxylation is 1. The Morgan fingerprint density at radius 3 is 2.27 bits per heavy atom. The first-order valence-electron chi connectivity index (χ1n) is 14.7. The summed E-state index contributed by atoms with van der Waals surface area (Å²) in [5.74, 6) is -1.66. The Bertz CT molecular complexity index is 1880. The van der Waals surface area contributed by atoms with Crippen molar-refractivity contribution in [3.8, 4) is 0 Å². The molecule has 4 amide bonds. The zero-order chi connectivity index (χ0) is 34.4. The lowest BCUT2D eigenvalue weighted by Gasteiger charge is -2.22. The Balaban J connectivity index is 1.19. The standard InChI is InChI=1S/C34H30F3N7O4/c1-3-29(45)44-14-6-11-28(44)32(48)41-23-9-5-10-24(16-23)43-33-38-18-26(19-39-33)42-31(47)27-17-25(13-12-20(27)2)40-30(46)21-7-4-8-22(15-21)34(35,36)37/h3-5,7-10,12-13,15-19,28H,1,6,11,14H2,2H3,(H,40,46)(H,41,48)(H,42,47)(H,38,39,43)/t28-/m1/s1. The van der Waals surface area contributed by atoms with Crippen LogP contribution in [-0.4, -0.2) is 51.1 Å². The summed E-state index contributed by atoms with van der Waals surface area (Å²) in [5.41, 5.74) is 1.25. The molecule has 0 bridgehead atoms. The highest BCUT2D eigenvalue weighted by molar-refractivity contribution is 6.08. The summed E-state index contributed by atoms with van der Waals surface area (Å²) in [6, 6.07) is 14.9. The van der Waals surface area contributed by atoms with Gasteiger partial charge in [-0.3, -0.25) is 19.2 Å². The molecule has 0 saturated carbocycles. The van der Waals surface area contributed by atoms with Gasteiger partial charge in [-0.05, 0) is 79.9 Å². The van der Waals surface area contributed by atoms with Gasteiger partial charge in [0.15, 0.2) is 0 Å². The number of nitrogens with one attached hydrogen (secondary N) is 4. The molecule has 1 saturated heterocycles. The summed E-state index contributed by atoms with van der Waals surface area (Å²) in [4.78, 5) is 60.6. The minimum Gasteiger partial charge on any atom is -0.327 e. The number of benzene rings is 3. The van der Waals surface area contributed by atoms with Crippen LogP contribution in [0.1, 0.15) is 44.7 Å². The van der Waals surface area contributed by atoms with E-state index < -0.39 is 29.6 Å². The first-order valence-corrected chi connectivity index (χ1v) is 14.7. The van der Waals surface area contributed by atoms with Gasteiger partial charge in [0, 0.05) is 34.7 Å². The molecule has 1 aromatic heterocycles. The third-order valence-electron chi connectivity index (χ3n) is 7.50. The Morgan fingerprint density at radius 2 is 1.54 bits per heavy atom. The van der Waals surface area contributed by atoms with Gasteiger partial charge in [-0.1, -0.05) is 24.8 Å². The van der Waals surface area contributed by atoms with E-state index in [1.165, 1.54) is 41.6 Å². The van der Waals surface area contributed by atoms with E-state index in [-0.39, 0.29) is 40.3 Å². The van der Waals surface area contributed by atoms with E-state index in [0.717, 1.165) is 24.6 Å². The van der Waals surface area contributed by atoms with Crippen LogP contribution in [-0.2, 0) is 15.8 Å². The van der Waals surface area contributed by atoms with Crippen LogP contribution in [0.25, 0.3) is 0 Å². The van der Waals surface area contributed by atoms with Crippen molar-refractivity contribution in [3.05, 3.63) is 114 Å². The molecule has 0 aliphatic carbocycles. The number of carbonyl (C=O) groups excluding carboxylic acids is 4. The van der Waals surface area contributed by atoms with Crippen LogP contribution in [0.3, 0.4) is 0 Å². The largest absolute Gasteiger partial charge is 0.416 e. The molecule has 14 heteroatoms. The second-order valence-electron chi connectivity index (χ2n) is 10.9. The predicted molar refractivity (Wildman–Crippen MR) is 174 cm³/mol. The van der Waals surface area contributed by atoms with Crippen LogP contribution < -0.4 is 21.3 Å². The van der Waals surface area contributed by atoms with Gasteiger partial charge < -0.3 is 26.2 Å². The molecule has 0 spiro atoms. The van der Waals surface area contributed by atoms with Crippen molar-refractivity contribution < 1.29 is 32.3 Å². The second kappa shape index (κ2) is 14.2. The van der Waals surface area contributed by atoms with Crippen LogP contribution in [0, 0.1) is 6.92 Å². The highest BCUT2D eigenvalue weighted by Gasteiger charge is 2.33. The van der Waals surface area contributed by atoms with Crippen molar-refractivity contribution in [1.29, 1.82) is 0 Å². The average molecular weight is 658 g/mol. The molecule has 0 radical (unpaired) electrons. The number of anilines is 5. The Hall–Kier alpha value is -6.05. The lowest BCUT2D eigenvalue weighted by atomic mass is 10.1. The Kier molecular flexibility index (Phi) is 9.83. The lowest BCUT2D eigenvalue weighted by Crippen LogP contribution is -2.42. The summed E-state index contributed by atoms with van der Waals surface area (Å²) in [7, 11) is 0. The zero-order valence-electron chi connectivity index (χ0n) is 25.6. The molecule has 0 unspecified atom stereocenters. The smallest absolute Gasteiger partial charge is 0.327 e. The van der Waals surface area contributed by atoms with Crippen molar-refractivity contribution in [3.63, 3.8) is 0 Å². The molecule has 48 heavy (non-hydrogen) atoms. The summed E-state index contributed by atoms with van der Waals surface area (Å²) in [6.07, 6.45) is 0.663. The average Bonchev–Trinajstić information content (AvgIpc) is 3.56. The number of hydrogen-bond acceptors (Lipinski definition) is 7. The normalized spacial score (nSPS) is 14.2. The van der Waals surface area contributed by atoms with E-state index in [9.17, 15) is 32.3 Å². The van der Waals surface area contributed by atoms with Gasteiger partial charge in [0.2, 0.25) is 17.8 Å². The number of hydrogen-bond donors (Lipinski definition) is 4. The molecule has 11 nitrogen and oxygen atoms in total. The maximum atomic E-state index is 13.1. The fourth-order valence-corrected chi connectivity index (χ4v) is 5.09. The van der Waals surface area contributed by atoms with Crippen LogP contribution in [0.15, 0.2) is 91.8 Å². The molecule has 246 valence electrons. The number of likely N-dealkylation sites (tertiary alicyclic amines) is 1. The van der Waals surface area contributed by atoms with Gasteiger partial charge in [-0.25, -0.2) is 9.97 Å². The number of rotatable bonds is 9. The van der Waals surface area contributed by atoms with E-state index >= 15 is 0 Å². The Labute approximate surface area is 273 Å². The van der Waals surface area contributed by atoms with E-state index in [1.54, 1.807) is 37.3 Å². The van der Waals surface area contributed by atoms with Crippen LogP contribution in [0.2, 0.25) is 0 Å². The molecule has 4 aromatic rings. The minimum atomic E-state index is -4.60. The van der Waals surface area contributed by atoms with E-state index in [1.807, 2.05) is 0 Å². The van der Waals surface area contributed by atoms with Gasteiger partial charge in [0.05, 0.1) is 23.6 Å². The first kappa shape index (κ1) is 33.3. The molecule has 1 aliphatic heterocycles. The topological polar surface area (TPSA) is 145 Å². The number of nitrogens with zero attached hydrogens (tertiary/aromatic N) is 3. The molecule has 4 N–H and O–H groups in total. The third-order valence-corrected chi connectivity index (χ3v) is 7.50. The lowest BCUT2D eigenvalue weighted by molar-refractivity contribution is -0.137. The molecule has 3 aromatic carbocycles. The summed E-state index contributed by atoms with van der Waals surface area (Å²) < 4.78 is 39.2. The van der Waals surface area contributed by atoms with Crippen molar-refractivity contribution in [1.82, 2.24) is 14.9 Å². The van der Waals surface area contributed by atoms with E-state index in [0.29, 0.717) is 29.9 Å². The van der Waals surface area contributed by atoms with Gasteiger partial charge in [-0.2, -0.15) is 13.2 Å². The number of alkyl halides is 3. The first-order chi connectivity index (χ1) is 22.9. The molecule has 1 atom stereocenters. The van der Waals surface area contributed by atoms with Crippen molar-refractivity contribution >= 4 is 52.3 Å². The van der Waals surface area contributed by atoms with Gasteiger partial charge in [0.25, 0.3) is 11.8 Å². The number of carbonyl (C=O) groups is 4. The minimum absolute atomic E-state index is 0.184. The van der Waals surface area contributed by atoms with Crippen LogP contribution in [0.5, 0.6) is 0 Å². The summed E-state index contributed by atoms with van der Waals surface area (Å²) in [6.45, 7) is 5.69. The highest BCUT2D eigenvalue weighted by atomic mass is 19.4. The van der Waals surface area contributed by atoms with Crippen molar-refractivity contribution in [2.45, 2.75) is 32.0 Å². The molecule has 1 aliphatic rings. The van der Waals surface area contributed by atoms with Gasteiger partial charge in [0.1, 0.15) is 6.04 Å². The SMILES string of the molecule is C=CC(=O)N1CCC[C@@H]1C(=O)Nc1cccc(Nc2ncc(NC(=O)c3cc(NC(=O)c4cccc(C(F)(F)F)c4)ccc3C)cn2)c1. The number of aromatic nitrogens is 2. The molecule has 5 rings (SSSR count). The van der Waals surface area contributed by atoms with Crippen LogP contribution >= 0.6 is 0 Å². The van der Waals surface area contributed by atoms with E-state index in [4.69, 9.17) is 0 Å². The van der Waals surface area contributed by atoms with Gasteiger partial charge in [-0.15, -0.1) is 0 Å². The van der Waals surface area contributed by atoms with E-state index in [2.05, 4.69) is 37.8 Å².